The van der Waals surface area contributed by atoms with Crippen molar-refractivity contribution in [2.24, 2.45) is 5.41 Å². The predicted molar refractivity (Wildman–Crippen MR) is 76.7 cm³/mol. The summed E-state index contributed by atoms with van der Waals surface area (Å²) in [5.41, 5.74) is 2.13. The summed E-state index contributed by atoms with van der Waals surface area (Å²) < 4.78 is 2.15. The quantitative estimate of drug-likeness (QED) is 0.857. The van der Waals surface area contributed by atoms with E-state index < -0.39 is 0 Å². The van der Waals surface area contributed by atoms with E-state index in [9.17, 15) is 0 Å². The van der Waals surface area contributed by atoms with Crippen molar-refractivity contribution in [1.82, 2.24) is 9.55 Å². The molecule has 0 saturated carbocycles. The molecule has 0 aliphatic carbocycles. The smallest absolute Gasteiger partial charge is 0.124 e. The van der Waals surface area contributed by atoms with Crippen LogP contribution in [0.25, 0.3) is 11.0 Å². The number of hydrogen-bond donors (Lipinski definition) is 1. The molecule has 1 aromatic heterocycles. The van der Waals surface area contributed by atoms with Crippen LogP contribution in [-0.4, -0.2) is 15.3 Å². The molecule has 0 amide bonds. The van der Waals surface area contributed by atoms with Gasteiger partial charge in [0, 0.05) is 6.54 Å². The second kappa shape index (κ2) is 5.03. The molecule has 1 heterocycles. The molecule has 3 nitrogen and oxygen atoms in total. The molecule has 94 valence electrons. The van der Waals surface area contributed by atoms with Gasteiger partial charge in [-0.25, -0.2) is 4.98 Å². The lowest BCUT2D eigenvalue weighted by Gasteiger charge is -2.24. The van der Waals surface area contributed by atoms with Gasteiger partial charge in [0.25, 0.3) is 0 Å². The van der Waals surface area contributed by atoms with E-state index in [1.807, 2.05) is 18.2 Å². The van der Waals surface area contributed by atoms with E-state index in [2.05, 4.69) is 48.2 Å². The summed E-state index contributed by atoms with van der Waals surface area (Å²) in [5, 5.41) is 8.91. The fourth-order valence-corrected chi connectivity index (χ4v) is 2.09. The molecule has 0 N–H and O–H groups in total. The highest BCUT2D eigenvalue weighted by Crippen LogP contribution is 2.24. The van der Waals surface area contributed by atoms with E-state index in [4.69, 9.17) is 5.26 Å². The van der Waals surface area contributed by atoms with Gasteiger partial charge in [-0.3, -0.25) is 0 Å². The molecule has 0 radical (unpaired) electrons. The van der Waals surface area contributed by atoms with Gasteiger partial charge in [0.15, 0.2) is 0 Å². The van der Waals surface area contributed by atoms with Crippen molar-refractivity contribution in [1.29, 1.82) is 5.26 Å². The summed E-state index contributed by atoms with van der Waals surface area (Å²) in [5.74, 6) is 1.64. The van der Waals surface area contributed by atoms with Crippen molar-refractivity contribution in [3.05, 3.63) is 30.1 Å². The maximum Gasteiger partial charge on any atom is 0.124 e. The summed E-state index contributed by atoms with van der Waals surface area (Å²) in [4.78, 5) is 4.54. The highest BCUT2D eigenvalue weighted by molar-refractivity contribution is 7.80. The molecule has 1 aromatic carbocycles. The van der Waals surface area contributed by atoms with Crippen LogP contribution in [0.2, 0.25) is 0 Å². The van der Waals surface area contributed by atoms with Gasteiger partial charge in [-0.15, -0.1) is 0 Å². The lowest BCUT2D eigenvalue weighted by Crippen LogP contribution is -2.22. The highest BCUT2D eigenvalue weighted by atomic mass is 32.1. The summed E-state index contributed by atoms with van der Waals surface area (Å²) in [6.07, 6.45) is 0.345. The number of nitrogens with zero attached hydrogens (tertiary/aromatic N) is 3. The molecule has 18 heavy (non-hydrogen) atoms. The third-order valence-electron chi connectivity index (χ3n) is 2.98. The Bertz CT molecular complexity index is 593. The SMILES string of the molecule is CC(C)(CS)Cn1c(CC#N)nc2ccccc21. The van der Waals surface area contributed by atoms with E-state index in [0.717, 1.165) is 29.2 Å². The molecule has 4 heteroatoms. The van der Waals surface area contributed by atoms with Crippen molar-refractivity contribution in [2.45, 2.75) is 26.8 Å². The van der Waals surface area contributed by atoms with Gasteiger partial charge in [-0.2, -0.15) is 17.9 Å². The topological polar surface area (TPSA) is 41.6 Å². The first-order valence-corrected chi connectivity index (χ1v) is 6.62. The van der Waals surface area contributed by atoms with E-state index in [1.54, 1.807) is 0 Å². The number of hydrogen-bond acceptors (Lipinski definition) is 3. The molecule has 2 aromatic rings. The lowest BCUT2D eigenvalue weighted by atomic mass is 9.96. The minimum atomic E-state index is 0.0801. The number of para-hydroxylation sites is 2. The van der Waals surface area contributed by atoms with Crippen molar-refractivity contribution >= 4 is 23.7 Å². The average molecular weight is 259 g/mol. The second-order valence-corrected chi connectivity index (χ2v) is 5.58. The average Bonchev–Trinajstić information content (AvgIpc) is 2.68. The minimum absolute atomic E-state index is 0.0801. The van der Waals surface area contributed by atoms with Crippen LogP contribution >= 0.6 is 12.6 Å². The maximum atomic E-state index is 8.91. The zero-order chi connectivity index (χ0) is 13.2. The minimum Gasteiger partial charge on any atom is -0.327 e. The van der Waals surface area contributed by atoms with Gasteiger partial charge in [0.2, 0.25) is 0 Å². The van der Waals surface area contributed by atoms with E-state index in [1.165, 1.54) is 0 Å². The summed E-state index contributed by atoms with van der Waals surface area (Å²) in [6, 6.07) is 10.2. The van der Waals surface area contributed by atoms with E-state index in [-0.39, 0.29) is 5.41 Å². The van der Waals surface area contributed by atoms with Gasteiger partial charge < -0.3 is 4.57 Å². The predicted octanol–water partition coefficient (Wildman–Crippen LogP) is 3.06. The first-order chi connectivity index (χ1) is 8.57. The Morgan fingerprint density at radius 3 is 2.78 bits per heavy atom. The summed E-state index contributed by atoms with van der Waals surface area (Å²) in [6.45, 7) is 5.17. The van der Waals surface area contributed by atoms with Gasteiger partial charge in [-0.05, 0) is 23.3 Å². The normalized spacial score (nSPS) is 11.7. The van der Waals surface area contributed by atoms with Crippen LogP contribution in [-0.2, 0) is 13.0 Å². The van der Waals surface area contributed by atoms with Crippen LogP contribution in [0.15, 0.2) is 24.3 Å². The van der Waals surface area contributed by atoms with Gasteiger partial charge in [0.05, 0.1) is 23.5 Å². The van der Waals surface area contributed by atoms with Crippen molar-refractivity contribution in [2.75, 3.05) is 5.75 Å². The Labute approximate surface area is 113 Å². The van der Waals surface area contributed by atoms with Crippen LogP contribution < -0.4 is 0 Å². The number of nitriles is 1. The second-order valence-electron chi connectivity index (χ2n) is 5.26. The third kappa shape index (κ3) is 2.51. The van der Waals surface area contributed by atoms with E-state index >= 15 is 0 Å². The first-order valence-electron chi connectivity index (χ1n) is 5.99. The monoisotopic (exact) mass is 259 g/mol. The highest BCUT2D eigenvalue weighted by Gasteiger charge is 2.20. The van der Waals surface area contributed by atoms with Crippen molar-refractivity contribution in [3.8, 4) is 6.07 Å². The van der Waals surface area contributed by atoms with Crippen LogP contribution in [0.3, 0.4) is 0 Å². The largest absolute Gasteiger partial charge is 0.327 e. The molecule has 0 fully saturated rings. The molecule has 0 spiro atoms. The number of thiol groups is 1. The molecular formula is C14H17N3S. The first kappa shape index (κ1) is 13.0. The van der Waals surface area contributed by atoms with Gasteiger partial charge in [-0.1, -0.05) is 26.0 Å². The Kier molecular flexibility index (Phi) is 3.63. The fraction of sp³-hybridized carbons (Fsp3) is 0.429. The van der Waals surface area contributed by atoms with Crippen LogP contribution in [0, 0.1) is 16.7 Å². The van der Waals surface area contributed by atoms with Crippen molar-refractivity contribution < 1.29 is 0 Å². The Balaban J connectivity index is 2.52. The molecule has 0 aliphatic heterocycles. The molecule has 0 aliphatic rings. The van der Waals surface area contributed by atoms with Gasteiger partial charge >= 0.3 is 0 Å². The number of benzene rings is 1. The number of rotatable bonds is 4. The zero-order valence-electron chi connectivity index (χ0n) is 10.7. The van der Waals surface area contributed by atoms with E-state index in [0.29, 0.717) is 6.42 Å². The standard InChI is InChI=1S/C14H17N3S/c1-14(2,10-18)9-17-12-6-4-3-5-11(12)16-13(17)7-8-15/h3-6,18H,7,9-10H2,1-2H3. The number of imidazole rings is 1. The lowest BCUT2D eigenvalue weighted by molar-refractivity contribution is 0.353. The third-order valence-corrected chi connectivity index (χ3v) is 3.84. The molecule has 2 rings (SSSR count). The zero-order valence-corrected chi connectivity index (χ0v) is 11.6. The Morgan fingerprint density at radius 2 is 2.11 bits per heavy atom. The molecule has 0 bridgehead atoms. The molecule has 0 saturated heterocycles. The Morgan fingerprint density at radius 1 is 1.39 bits per heavy atom. The number of fused-ring (bicyclic) bond motifs is 1. The van der Waals surface area contributed by atoms with Crippen LogP contribution in [0.5, 0.6) is 0 Å². The maximum absolute atomic E-state index is 8.91. The van der Waals surface area contributed by atoms with Crippen LogP contribution in [0.4, 0.5) is 0 Å². The number of aromatic nitrogens is 2. The molecular weight excluding hydrogens is 242 g/mol. The summed E-state index contributed by atoms with van der Waals surface area (Å²) in [7, 11) is 0. The molecule has 0 atom stereocenters. The van der Waals surface area contributed by atoms with Crippen LogP contribution in [0.1, 0.15) is 19.7 Å². The Hall–Kier alpha value is -1.47. The molecule has 0 unspecified atom stereocenters. The summed E-state index contributed by atoms with van der Waals surface area (Å²) >= 11 is 4.39. The van der Waals surface area contributed by atoms with Gasteiger partial charge in [0.1, 0.15) is 5.82 Å². The van der Waals surface area contributed by atoms with Crippen molar-refractivity contribution in [3.63, 3.8) is 0 Å². The fourth-order valence-electron chi connectivity index (χ4n) is 1.99.